The van der Waals surface area contributed by atoms with E-state index in [9.17, 15) is 0 Å². The van der Waals surface area contributed by atoms with E-state index in [0.717, 1.165) is 60.7 Å². The Kier molecular flexibility index (Phi) is 12.5. The summed E-state index contributed by atoms with van der Waals surface area (Å²) in [6.45, 7) is -1.87. The Morgan fingerprint density at radius 1 is 0.256 bits per heavy atom. The molecule has 0 fully saturated rings. The minimum absolute atomic E-state index is 0.00358. The summed E-state index contributed by atoms with van der Waals surface area (Å²) in [4.78, 5) is 6.70. The fourth-order valence-corrected chi connectivity index (χ4v) is 13.6. The van der Waals surface area contributed by atoms with Gasteiger partial charge >= 0.3 is 0 Å². The van der Waals surface area contributed by atoms with Gasteiger partial charge in [0.25, 0.3) is 13.4 Å². The van der Waals surface area contributed by atoms with Crippen molar-refractivity contribution in [1.29, 1.82) is 0 Å². The lowest BCUT2D eigenvalue weighted by molar-refractivity contribution is 0.487. The van der Waals surface area contributed by atoms with Crippen LogP contribution >= 0.6 is 0 Å². The lowest BCUT2D eigenvalue weighted by Gasteiger charge is -2.46. The molecule has 0 bridgehead atoms. The van der Waals surface area contributed by atoms with Crippen molar-refractivity contribution in [2.24, 2.45) is 0 Å². The van der Waals surface area contributed by atoms with Crippen molar-refractivity contribution >= 4 is 132 Å². The first-order valence-electron chi connectivity index (χ1n) is 28.5. The van der Waals surface area contributed by atoms with E-state index in [4.69, 9.17) is 4.74 Å². The molecule has 4 aliphatic rings. The molecule has 0 N–H and O–H groups in total. The number of nitrogens with zero attached hydrogens (tertiary/aromatic N) is 5. The summed E-state index contributed by atoms with van der Waals surface area (Å²) in [5.41, 5.74) is 1.44. The normalized spacial score (nSPS) is 13.0. The van der Waals surface area contributed by atoms with E-state index in [0.29, 0.717) is 38.7 Å². The van der Waals surface area contributed by atoms with Gasteiger partial charge in [-0.3, -0.25) is 0 Å². The molecule has 12 aromatic carbocycles. The second-order valence-electron chi connectivity index (χ2n) is 22.0. The standard InChI is InChI=1S/C72H39B2F10N5O/c75-48-22-11-23-49(76)68(48)85(40-16-3-1-4-17-40)42-34-61-66-62(35-42)89(72-56(83)30-15-31-57(72)84)60-39-64-47(38-46(60)73(66)44-20-7-9-32-58(44)87(61)70-52(79)26-13-27-53(70)80)74-45-21-8-10-33-59(45)88(71-54(81)28-14-29-55(71)82)63-36-43(37-65(90-64)67(63)74)86(41-18-5-2-6-19-41)69-50(77)24-12-25-51(69)78/h1-39H. The average molecular weight is 1200 g/mol. The third-order valence-corrected chi connectivity index (χ3v) is 17.1. The second-order valence-corrected chi connectivity index (χ2v) is 22.0. The summed E-state index contributed by atoms with van der Waals surface area (Å²) in [6, 6.07) is 57.0. The van der Waals surface area contributed by atoms with Gasteiger partial charge in [-0.25, -0.2) is 43.9 Å². The van der Waals surface area contributed by atoms with Crippen molar-refractivity contribution in [3.63, 3.8) is 0 Å². The number of halogens is 10. The zero-order chi connectivity index (χ0) is 61.4. The molecule has 0 aliphatic carbocycles. The van der Waals surface area contributed by atoms with Crippen molar-refractivity contribution < 1.29 is 48.6 Å². The van der Waals surface area contributed by atoms with Gasteiger partial charge in [0.15, 0.2) is 0 Å². The van der Waals surface area contributed by atoms with Crippen LogP contribution in [-0.4, -0.2) is 13.4 Å². The van der Waals surface area contributed by atoms with Crippen molar-refractivity contribution in [1.82, 2.24) is 0 Å². The molecule has 0 aromatic heterocycles. The van der Waals surface area contributed by atoms with Crippen molar-refractivity contribution in [2.75, 3.05) is 24.5 Å². The fraction of sp³-hybridized carbons (Fsp3) is 0. The highest BCUT2D eigenvalue weighted by molar-refractivity contribution is 7.02. The maximum Gasteiger partial charge on any atom is 0.256 e. The highest BCUT2D eigenvalue weighted by atomic mass is 19.2. The van der Waals surface area contributed by atoms with Crippen LogP contribution in [0.25, 0.3) is 0 Å². The van der Waals surface area contributed by atoms with Crippen LogP contribution in [0, 0.1) is 58.2 Å². The van der Waals surface area contributed by atoms with Crippen LogP contribution in [-0.2, 0) is 0 Å². The highest BCUT2D eigenvalue weighted by Gasteiger charge is 2.50. The van der Waals surface area contributed by atoms with Crippen LogP contribution in [0.3, 0.4) is 0 Å². The minimum atomic E-state index is -1.05. The van der Waals surface area contributed by atoms with Gasteiger partial charge in [0, 0.05) is 57.6 Å². The molecule has 0 unspecified atom stereocenters. The first kappa shape index (κ1) is 54.3. The zero-order valence-corrected chi connectivity index (χ0v) is 46.6. The van der Waals surface area contributed by atoms with E-state index in [1.807, 2.05) is 6.07 Å². The number of rotatable bonds is 9. The SMILES string of the molecule is Fc1cccc(F)c1N(c1ccccc1)c1cc2c3c(c1)N(c1c(F)cccc1F)c1ccccc1B3c1cc3c(cc1O2)N(c1c(F)cccc1F)c1cc(N(c2ccccc2)c2c(F)cccc2F)cc2c1B3c1ccccc1N2c1c(F)cccc1F. The Bertz CT molecular complexity index is 4890. The first-order valence-corrected chi connectivity index (χ1v) is 28.5. The Balaban J connectivity index is 1.02. The van der Waals surface area contributed by atoms with Gasteiger partial charge in [-0.05, 0) is 148 Å². The topological polar surface area (TPSA) is 25.4 Å². The third-order valence-electron chi connectivity index (χ3n) is 17.1. The van der Waals surface area contributed by atoms with E-state index < -0.39 is 100 Å². The predicted molar refractivity (Wildman–Crippen MR) is 335 cm³/mol. The molecule has 16 rings (SSSR count). The molecule has 6 nitrogen and oxygen atoms in total. The summed E-state index contributed by atoms with van der Waals surface area (Å²) in [5.74, 6) is -9.59. The largest absolute Gasteiger partial charge is 0.458 e. The second kappa shape index (κ2) is 20.8. The van der Waals surface area contributed by atoms with Crippen LogP contribution in [0.15, 0.2) is 237 Å². The smallest absolute Gasteiger partial charge is 0.256 e. The van der Waals surface area contributed by atoms with E-state index in [-0.39, 0.29) is 62.5 Å². The highest BCUT2D eigenvalue weighted by Crippen LogP contribution is 2.53. The molecule has 4 aliphatic heterocycles. The Morgan fingerprint density at radius 3 is 1.02 bits per heavy atom. The molecule has 0 spiro atoms. The van der Waals surface area contributed by atoms with Crippen LogP contribution < -0.4 is 62.0 Å². The van der Waals surface area contributed by atoms with Crippen LogP contribution in [0.4, 0.5) is 129 Å². The van der Waals surface area contributed by atoms with E-state index >= 15 is 43.9 Å². The molecule has 90 heavy (non-hydrogen) atoms. The molecule has 0 atom stereocenters. The molecule has 0 saturated heterocycles. The fourth-order valence-electron chi connectivity index (χ4n) is 13.6. The average Bonchev–Trinajstić information content (AvgIpc) is 0.691. The molecular formula is C72H39B2F10N5O. The van der Waals surface area contributed by atoms with Gasteiger partial charge in [0.2, 0.25) is 0 Å². The first-order chi connectivity index (χ1) is 43.8. The Hall–Kier alpha value is -11.1. The van der Waals surface area contributed by atoms with Gasteiger partial charge in [0.05, 0.1) is 11.4 Å². The quantitative estimate of drug-likeness (QED) is 0.106. The molecule has 18 heteroatoms. The number of para-hydroxylation sites is 9. The third kappa shape index (κ3) is 8.16. The number of ether oxygens (including phenoxy) is 1. The molecule has 0 radical (unpaired) electrons. The zero-order valence-electron chi connectivity index (χ0n) is 46.6. The van der Waals surface area contributed by atoms with Crippen molar-refractivity contribution in [3.05, 3.63) is 295 Å². The van der Waals surface area contributed by atoms with Gasteiger partial charge in [-0.2, -0.15) is 0 Å². The van der Waals surface area contributed by atoms with Crippen LogP contribution in [0.1, 0.15) is 0 Å². The molecule has 0 saturated carbocycles. The molecular weight excluding hydrogens is 1160 g/mol. The van der Waals surface area contributed by atoms with Crippen LogP contribution in [0.5, 0.6) is 11.5 Å². The number of hydrogen-bond donors (Lipinski definition) is 0. The molecule has 434 valence electrons. The predicted octanol–water partition coefficient (Wildman–Crippen LogP) is 16.5. The summed E-state index contributed by atoms with van der Waals surface area (Å²) in [7, 11) is 0. The van der Waals surface area contributed by atoms with Gasteiger partial charge in [-0.15, -0.1) is 0 Å². The molecule has 12 aromatic rings. The van der Waals surface area contributed by atoms with E-state index in [1.165, 1.54) is 67.0 Å². The Labute approximate surface area is 508 Å². The lowest BCUT2D eigenvalue weighted by atomic mass is 9.30. The van der Waals surface area contributed by atoms with E-state index in [2.05, 4.69) is 0 Å². The molecule has 4 heterocycles. The number of fused-ring (bicyclic) bond motifs is 8. The van der Waals surface area contributed by atoms with Crippen molar-refractivity contribution in [2.45, 2.75) is 0 Å². The number of benzene rings is 12. The summed E-state index contributed by atoms with van der Waals surface area (Å²) >= 11 is 0. The minimum Gasteiger partial charge on any atom is -0.458 e. The number of hydrogen-bond acceptors (Lipinski definition) is 6. The van der Waals surface area contributed by atoms with Gasteiger partial charge < -0.3 is 29.2 Å². The summed E-state index contributed by atoms with van der Waals surface area (Å²) < 4.78 is 175. The maximum absolute atomic E-state index is 17.4. The Morgan fingerprint density at radius 2 is 0.600 bits per heavy atom. The van der Waals surface area contributed by atoms with Crippen LogP contribution in [0.2, 0.25) is 0 Å². The summed E-state index contributed by atoms with van der Waals surface area (Å²) in [6.07, 6.45) is 0. The maximum atomic E-state index is 17.4. The van der Waals surface area contributed by atoms with Gasteiger partial charge in [-0.1, -0.05) is 109 Å². The number of anilines is 15. The van der Waals surface area contributed by atoms with Gasteiger partial charge in [0.1, 0.15) is 98.1 Å². The monoisotopic (exact) mass is 1200 g/mol. The van der Waals surface area contributed by atoms with E-state index in [1.54, 1.807) is 127 Å². The lowest BCUT2D eigenvalue weighted by Crippen LogP contribution is -2.64. The van der Waals surface area contributed by atoms with Crippen molar-refractivity contribution in [3.8, 4) is 11.5 Å². The summed E-state index contributed by atoms with van der Waals surface area (Å²) in [5, 5.41) is 0. The molecule has 0 amide bonds.